The van der Waals surface area contributed by atoms with Gasteiger partial charge in [-0.2, -0.15) is 0 Å². The maximum atomic E-state index is 10.8. The van der Waals surface area contributed by atoms with E-state index in [0.29, 0.717) is 5.33 Å². The summed E-state index contributed by atoms with van der Waals surface area (Å²) < 4.78 is 5.29. The molecule has 0 radical (unpaired) electrons. The fourth-order valence-corrected chi connectivity index (χ4v) is 1.55. The number of rotatable bonds is 4. The fourth-order valence-electron chi connectivity index (χ4n) is 1.26. The molecule has 0 atom stereocenters. The third-order valence-corrected chi connectivity index (χ3v) is 2.75. The van der Waals surface area contributed by atoms with Crippen LogP contribution in [-0.2, 0) is 5.33 Å². The van der Waals surface area contributed by atoms with Crippen molar-refractivity contribution < 1.29 is 9.66 Å². The molecule has 0 N–H and O–H groups in total. The average Bonchev–Trinajstić information content (AvgIpc) is 2.40. The smallest absolute Gasteiger partial charge is 0.322 e. The van der Waals surface area contributed by atoms with Crippen molar-refractivity contribution in [1.82, 2.24) is 9.97 Å². The molecular formula is C11H8BrN3O3. The summed E-state index contributed by atoms with van der Waals surface area (Å²) in [5, 5.41) is 11.4. The summed E-state index contributed by atoms with van der Waals surface area (Å²) in [5.41, 5.74) is 0.774. The van der Waals surface area contributed by atoms with Crippen LogP contribution >= 0.6 is 15.9 Å². The summed E-state index contributed by atoms with van der Waals surface area (Å²) in [6.07, 6.45) is 3.18. The van der Waals surface area contributed by atoms with Crippen molar-refractivity contribution in [1.29, 1.82) is 0 Å². The second-order valence-electron chi connectivity index (χ2n) is 3.33. The lowest BCUT2D eigenvalue weighted by Gasteiger charge is -2.04. The van der Waals surface area contributed by atoms with E-state index in [1.165, 1.54) is 12.1 Å². The lowest BCUT2D eigenvalue weighted by molar-refractivity contribution is -0.385. The predicted octanol–water partition coefficient (Wildman–Crippen LogP) is 3.07. The quantitative estimate of drug-likeness (QED) is 0.492. The largest absolute Gasteiger partial charge is 0.417 e. The van der Waals surface area contributed by atoms with Crippen LogP contribution in [0.3, 0.4) is 0 Å². The van der Waals surface area contributed by atoms with Crippen molar-refractivity contribution in [2.45, 2.75) is 5.33 Å². The number of halogens is 1. The molecule has 1 aromatic heterocycles. The molecule has 0 amide bonds. The number of aromatic nitrogens is 2. The molecule has 92 valence electrons. The Kier molecular flexibility index (Phi) is 3.83. The van der Waals surface area contributed by atoms with Gasteiger partial charge in [-0.3, -0.25) is 10.1 Å². The minimum atomic E-state index is -0.512. The van der Waals surface area contributed by atoms with Crippen LogP contribution in [0, 0.1) is 10.1 Å². The van der Waals surface area contributed by atoms with E-state index < -0.39 is 4.92 Å². The number of hydrogen-bond donors (Lipinski definition) is 0. The van der Waals surface area contributed by atoms with Gasteiger partial charge in [0, 0.05) is 23.8 Å². The van der Waals surface area contributed by atoms with E-state index >= 15 is 0 Å². The average molecular weight is 310 g/mol. The van der Waals surface area contributed by atoms with E-state index in [1.54, 1.807) is 24.5 Å². The summed E-state index contributed by atoms with van der Waals surface area (Å²) in [6.45, 7) is 0. The lowest BCUT2D eigenvalue weighted by atomic mass is 10.3. The molecule has 0 aliphatic heterocycles. The number of hydrogen-bond acceptors (Lipinski definition) is 5. The monoisotopic (exact) mass is 309 g/mol. The highest BCUT2D eigenvalue weighted by Gasteiger charge is 2.15. The van der Waals surface area contributed by atoms with Crippen LogP contribution in [0.25, 0.3) is 0 Å². The van der Waals surface area contributed by atoms with Crippen molar-refractivity contribution >= 4 is 21.6 Å². The van der Waals surface area contributed by atoms with Crippen molar-refractivity contribution in [3.05, 3.63) is 52.3 Å². The van der Waals surface area contributed by atoms with E-state index in [1.807, 2.05) is 0 Å². The maximum Gasteiger partial charge on any atom is 0.322 e. The molecule has 0 aliphatic carbocycles. The topological polar surface area (TPSA) is 78.2 Å². The highest BCUT2D eigenvalue weighted by Crippen LogP contribution is 2.28. The van der Waals surface area contributed by atoms with E-state index in [0.717, 1.165) is 5.56 Å². The summed E-state index contributed by atoms with van der Waals surface area (Å²) in [6, 6.07) is 6.16. The molecule has 2 aromatic rings. The maximum absolute atomic E-state index is 10.8. The first kappa shape index (κ1) is 12.4. The third kappa shape index (κ3) is 2.80. The van der Waals surface area contributed by atoms with Crippen LogP contribution in [-0.4, -0.2) is 14.9 Å². The minimum absolute atomic E-state index is 0.0778. The van der Waals surface area contributed by atoms with Crippen LogP contribution in [0.5, 0.6) is 11.8 Å². The zero-order chi connectivity index (χ0) is 13.0. The Morgan fingerprint density at radius 1 is 1.28 bits per heavy atom. The Bertz CT molecular complexity index is 560. The number of nitro benzene ring substituents is 1. The summed E-state index contributed by atoms with van der Waals surface area (Å²) in [5.74, 6) is 0.120. The number of ether oxygens (including phenoxy) is 1. The predicted molar refractivity (Wildman–Crippen MR) is 67.8 cm³/mol. The van der Waals surface area contributed by atoms with E-state index in [2.05, 4.69) is 25.9 Å². The standard InChI is InChI=1S/C11H8BrN3O3/c12-5-8-6-13-11(14-7-8)18-10-4-2-1-3-9(10)15(16)17/h1-4,6-7H,5H2. The molecule has 6 nitrogen and oxygen atoms in total. The number of alkyl halides is 1. The Morgan fingerprint density at radius 2 is 1.94 bits per heavy atom. The molecular weight excluding hydrogens is 302 g/mol. The van der Waals surface area contributed by atoms with Crippen LogP contribution in [0.2, 0.25) is 0 Å². The van der Waals surface area contributed by atoms with Gasteiger partial charge in [-0.05, 0) is 11.6 Å². The Labute approximate surface area is 111 Å². The molecule has 0 saturated heterocycles. The van der Waals surface area contributed by atoms with Gasteiger partial charge in [0.25, 0.3) is 0 Å². The van der Waals surface area contributed by atoms with Gasteiger partial charge in [0.05, 0.1) is 4.92 Å². The zero-order valence-electron chi connectivity index (χ0n) is 9.12. The fraction of sp³-hybridized carbons (Fsp3) is 0.0909. The second-order valence-corrected chi connectivity index (χ2v) is 3.90. The first-order chi connectivity index (χ1) is 8.70. The molecule has 18 heavy (non-hydrogen) atoms. The SMILES string of the molecule is O=[N+]([O-])c1ccccc1Oc1ncc(CBr)cn1. The Balaban J connectivity index is 2.25. The third-order valence-electron chi connectivity index (χ3n) is 2.10. The van der Waals surface area contributed by atoms with E-state index in [9.17, 15) is 10.1 Å². The number of nitro groups is 1. The number of benzene rings is 1. The summed E-state index contributed by atoms with van der Waals surface area (Å²) >= 11 is 3.27. The molecule has 1 heterocycles. The van der Waals surface area contributed by atoms with Crippen LogP contribution < -0.4 is 4.74 Å². The van der Waals surface area contributed by atoms with Crippen molar-refractivity contribution in [2.75, 3.05) is 0 Å². The number of para-hydroxylation sites is 2. The first-order valence-corrected chi connectivity index (χ1v) is 6.11. The lowest BCUT2D eigenvalue weighted by Crippen LogP contribution is -1.96. The zero-order valence-corrected chi connectivity index (χ0v) is 10.7. The van der Waals surface area contributed by atoms with Gasteiger partial charge in [-0.15, -0.1) is 0 Å². The molecule has 7 heteroatoms. The number of nitrogens with zero attached hydrogens (tertiary/aromatic N) is 3. The molecule has 0 saturated carbocycles. The van der Waals surface area contributed by atoms with Crippen molar-refractivity contribution in [3.63, 3.8) is 0 Å². The Hall–Kier alpha value is -2.02. The molecule has 2 rings (SSSR count). The van der Waals surface area contributed by atoms with Crippen LogP contribution in [0.4, 0.5) is 5.69 Å². The van der Waals surface area contributed by atoms with Gasteiger partial charge >= 0.3 is 11.7 Å². The highest BCUT2D eigenvalue weighted by molar-refractivity contribution is 9.08. The first-order valence-electron chi connectivity index (χ1n) is 4.99. The van der Waals surface area contributed by atoms with Gasteiger partial charge in [0.2, 0.25) is 5.75 Å². The van der Waals surface area contributed by atoms with Gasteiger partial charge in [0.1, 0.15) is 0 Å². The van der Waals surface area contributed by atoms with Gasteiger partial charge in [0.15, 0.2) is 0 Å². The van der Waals surface area contributed by atoms with Crippen molar-refractivity contribution in [2.24, 2.45) is 0 Å². The second kappa shape index (κ2) is 5.54. The molecule has 1 aromatic carbocycles. The van der Waals surface area contributed by atoms with E-state index in [4.69, 9.17) is 4.74 Å². The normalized spacial score (nSPS) is 10.1. The molecule has 0 spiro atoms. The van der Waals surface area contributed by atoms with Crippen molar-refractivity contribution in [3.8, 4) is 11.8 Å². The Morgan fingerprint density at radius 3 is 2.56 bits per heavy atom. The van der Waals surface area contributed by atoms with Gasteiger partial charge < -0.3 is 4.74 Å². The summed E-state index contributed by atoms with van der Waals surface area (Å²) in [7, 11) is 0. The molecule has 0 unspecified atom stereocenters. The van der Waals surface area contributed by atoms with Gasteiger partial charge in [-0.1, -0.05) is 28.1 Å². The molecule has 0 fully saturated rings. The minimum Gasteiger partial charge on any atom is -0.417 e. The molecule has 0 bridgehead atoms. The van der Waals surface area contributed by atoms with Crippen LogP contribution in [0.1, 0.15) is 5.56 Å². The molecule has 0 aliphatic rings. The summed E-state index contributed by atoms with van der Waals surface area (Å²) in [4.78, 5) is 18.2. The van der Waals surface area contributed by atoms with Gasteiger partial charge in [-0.25, -0.2) is 9.97 Å². The van der Waals surface area contributed by atoms with E-state index in [-0.39, 0.29) is 17.4 Å². The van der Waals surface area contributed by atoms with Crippen LogP contribution in [0.15, 0.2) is 36.7 Å². The highest BCUT2D eigenvalue weighted by atomic mass is 79.9.